The zero-order valence-electron chi connectivity index (χ0n) is 11.2. The molecule has 1 rings (SSSR count). The van der Waals surface area contributed by atoms with E-state index in [1.54, 1.807) is 0 Å². The van der Waals surface area contributed by atoms with Gasteiger partial charge >= 0.3 is 0 Å². The standard InChI is InChI=1S/C14H21BrClNO/c1-10(2)4-6-18-7-5-17-14-9-13(16)11(3)8-12(14)15/h8-10,17H,4-7H2,1-3H3. The van der Waals surface area contributed by atoms with Crippen molar-refractivity contribution in [2.24, 2.45) is 5.92 Å². The van der Waals surface area contributed by atoms with E-state index in [1.807, 2.05) is 19.1 Å². The summed E-state index contributed by atoms with van der Waals surface area (Å²) in [6.07, 6.45) is 1.11. The fraction of sp³-hybridized carbons (Fsp3) is 0.571. The van der Waals surface area contributed by atoms with E-state index in [0.717, 1.165) is 40.3 Å². The van der Waals surface area contributed by atoms with E-state index in [4.69, 9.17) is 16.3 Å². The lowest BCUT2D eigenvalue weighted by Gasteiger charge is -2.11. The van der Waals surface area contributed by atoms with Gasteiger partial charge in [0.15, 0.2) is 0 Å². The molecule has 102 valence electrons. The Bertz CT molecular complexity index is 382. The highest BCUT2D eigenvalue weighted by atomic mass is 79.9. The molecule has 1 aromatic rings. The molecule has 18 heavy (non-hydrogen) atoms. The molecule has 0 bridgehead atoms. The van der Waals surface area contributed by atoms with Gasteiger partial charge in [-0.3, -0.25) is 0 Å². The van der Waals surface area contributed by atoms with Gasteiger partial charge in [0.1, 0.15) is 0 Å². The SMILES string of the molecule is Cc1cc(Br)c(NCCOCCC(C)C)cc1Cl. The molecule has 0 atom stereocenters. The van der Waals surface area contributed by atoms with Gasteiger partial charge in [0.2, 0.25) is 0 Å². The van der Waals surface area contributed by atoms with Crippen molar-refractivity contribution in [2.45, 2.75) is 27.2 Å². The number of anilines is 1. The van der Waals surface area contributed by atoms with Crippen molar-refractivity contribution in [2.75, 3.05) is 25.1 Å². The second-order valence-electron chi connectivity index (χ2n) is 4.80. The van der Waals surface area contributed by atoms with E-state index >= 15 is 0 Å². The van der Waals surface area contributed by atoms with Gasteiger partial charge in [0.25, 0.3) is 0 Å². The molecule has 0 fully saturated rings. The van der Waals surface area contributed by atoms with Crippen molar-refractivity contribution < 1.29 is 4.74 Å². The van der Waals surface area contributed by atoms with Crippen LogP contribution in [0.2, 0.25) is 5.02 Å². The summed E-state index contributed by atoms with van der Waals surface area (Å²) >= 11 is 9.61. The first-order chi connectivity index (χ1) is 8.50. The number of nitrogens with one attached hydrogen (secondary N) is 1. The van der Waals surface area contributed by atoms with E-state index in [2.05, 4.69) is 35.1 Å². The second kappa shape index (κ2) is 8.03. The molecule has 0 unspecified atom stereocenters. The molecule has 0 heterocycles. The number of hydrogen-bond donors (Lipinski definition) is 1. The predicted octanol–water partition coefficient (Wildman–Crippen LogP) is 4.89. The molecule has 0 amide bonds. The maximum Gasteiger partial charge on any atom is 0.0639 e. The van der Waals surface area contributed by atoms with E-state index < -0.39 is 0 Å². The lowest BCUT2D eigenvalue weighted by atomic mass is 10.1. The predicted molar refractivity (Wildman–Crippen MR) is 82.7 cm³/mol. The summed E-state index contributed by atoms with van der Waals surface area (Å²) in [5.41, 5.74) is 2.08. The fourth-order valence-electron chi connectivity index (χ4n) is 1.46. The molecule has 2 nitrogen and oxygen atoms in total. The Morgan fingerprint density at radius 3 is 2.72 bits per heavy atom. The van der Waals surface area contributed by atoms with Crippen LogP contribution in [0.1, 0.15) is 25.8 Å². The fourth-order valence-corrected chi connectivity index (χ4v) is 2.22. The quantitative estimate of drug-likeness (QED) is 0.717. The summed E-state index contributed by atoms with van der Waals surface area (Å²) < 4.78 is 6.58. The molecule has 0 saturated carbocycles. The summed E-state index contributed by atoms with van der Waals surface area (Å²) in [5, 5.41) is 4.09. The van der Waals surface area contributed by atoms with Crippen LogP contribution in [0, 0.1) is 12.8 Å². The Kier molecular flexibility index (Phi) is 7.05. The van der Waals surface area contributed by atoms with Crippen molar-refractivity contribution in [3.8, 4) is 0 Å². The normalized spacial score (nSPS) is 11.0. The molecule has 1 aromatic carbocycles. The van der Waals surface area contributed by atoms with Gasteiger partial charge < -0.3 is 10.1 Å². The summed E-state index contributed by atoms with van der Waals surface area (Å²) in [5.74, 6) is 0.697. The van der Waals surface area contributed by atoms with Crippen LogP contribution in [0.5, 0.6) is 0 Å². The average molecular weight is 335 g/mol. The Balaban J connectivity index is 2.29. The summed E-state index contributed by atoms with van der Waals surface area (Å²) in [7, 11) is 0. The van der Waals surface area contributed by atoms with Crippen LogP contribution >= 0.6 is 27.5 Å². The third kappa shape index (κ3) is 5.59. The third-order valence-electron chi connectivity index (χ3n) is 2.65. The highest BCUT2D eigenvalue weighted by molar-refractivity contribution is 9.10. The van der Waals surface area contributed by atoms with Crippen LogP contribution in [0.15, 0.2) is 16.6 Å². The zero-order valence-corrected chi connectivity index (χ0v) is 13.6. The molecule has 0 aliphatic heterocycles. The minimum absolute atomic E-state index is 0.697. The Hall–Kier alpha value is -0.250. The minimum Gasteiger partial charge on any atom is -0.382 e. The average Bonchev–Trinajstić information content (AvgIpc) is 2.29. The first kappa shape index (κ1) is 15.8. The van der Waals surface area contributed by atoms with Gasteiger partial charge in [0.05, 0.1) is 12.3 Å². The van der Waals surface area contributed by atoms with E-state index in [0.29, 0.717) is 12.5 Å². The van der Waals surface area contributed by atoms with Gasteiger partial charge in [-0.1, -0.05) is 25.4 Å². The maximum atomic E-state index is 6.09. The van der Waals surface area contributed by atoms with E-state index in [9.17, 15) is 0 Å². The monoisotopic (exact) mass is 333 g/mol. The van der Waals surface area contributed by atoms with Crippen LogP contribution in [-0.4, -0.2) is 19.8 Å². The number of rotatable bonds is 7. The van der Waals surface area contributed by atoms with E-state index in [-0.39, 0.29) is 0 Å². The lowest BCUT2D eigenvalue weighted by molar-refractivity contribution is 0.132. The Morgan fingerprint density at radius 1 is 1.33 bits per heavy atom. The summed E-state index contributed by atoms with van der Waals surface area (Å²) in [4.78, 5) is 0. The van der Waals surface area contributed by atoms with Crippen LogP contribution in [0.25, 0.3) is 0 Å². The second-order valence-corrected chi connectivity index (χ2v) is 6.06. The highest BCUT2D eigenvalue weighted by Crippen LogP contribution is 2.28. The number of benzene rings is 1. The van der Waals surface area contributed by atoms with Crippen molar-refractivity contribution in [1.82, 2.24) is 0 Å². The minimum atomic E-state index is 0.697. The first-order valence-corrected chi connectivity index (χ1v) is 7.45. The first-order valence-electron chi connectivity index (χ1n) is 6.28. The number of halogens is 2. The number of ether oxygens (including phenoxy) is 1. The van der Waals surface area contributed by atoms with Gasteiger partial charge in [0, 0.05) is 22.6 Å². The highest BCUT2D eigenvalue weighted by Gasteiger charge is 2.03. The Morgan fingerprint density at radius 2 is 2.06 bits per heavy atom. The molecule has 4 heteroatoms. The number of aryl methyl sites for hydroxylation is 1. The van der Waals surface area contributed by atoms with Crippen LogP contribution in [0.3, 0.4) is 0 Å². The van der Waals surface area contributed by atoms with Gasteiger partial charge in [-0.15, -0.1) is 0 Å². The maximum absolute atomic E-state index is 6.09. The van der Waals surface area contributed by atoms with Crippen molar-refractivity contribution in [3.63, 3.8) is 0 Å². The van der Waals surface area contributed by atoms with Crippen molar-refractivity contribution in [3.05, 3.63) is 27.2 Å². The smallest absolute Gasteiger partial charge is 0.0639 e. The van der Waals surface area contributed by atoms with Crippen LogP contribution in [-0.2, 0) is 4.74 Å². The van der Waals surface area contributed by atoms with Crippen molar-refractivity contribution in [1.29, 1.82) is 0 Å². The van der Waals surface area contributed by atoms with Crippen molar-refractivity contribution >= 4 is 33.2 Å². The molecule has 0 aliphatic rings. The van der Waals surface area contributed by atoms with Crippen LogP contribution in [0.4, 0.5) is 5.69 Å². The summed E-state index contributed by atoms with van der Waals surface area (Å²) in [6.45, 7) is 8.72. The molecule has 0 saturated heterocycles. The zero-order chi connectivity index (χ0) is 13.5. The molecule has 0 radical (unpaired) electrons. The molecule has 1 N–H and O–H groups in total. The topological polar surface area (TPSA) is 21.3 Å². The molecule has 0 aliphatic carbocycles. The largest absolute Gasteiger partial charge is 0.382 e. The van der Waals surface area contributed by atoms with E-state index in [1.165, 1.54) is 0 Å². The Labute approximate surface area is 123 Å². The molecule has 0 spiro atoms. The summed E-state index contributed by atoms with van der Waals surface area (Å²) in [6, 6.07) is 3.96. The third-order valence-corrected chi connectivity index (χ3v) is 3.71. The molecular weight excluding hydrogens is 314 g/mol. The number of hydrogen-bond acceptors (Lipinski definition) is 2. The molecular formula is C14H21BrClNO. The van der Waals surface area contributed by atoms with Gasteiger partial charge in [-0.05, 0) is 52.9 Å². The van der Waals surface area contributed by atoms with Crippen LogP contribution < -0.4 is 5.32 Å². The molecule has 0 aromatic heterocycles. The van der Waals surface area contributed by atoms with Gasteiger partial charge in [-0.2, -0.15) is 0 Å². The van der Waals surface area contributed by atoms with Gasteiger partial charge in [-0.25, -0.2) is 0 Å². The lowest BCUT2D eigenvalue weighted by Crippen LogP contribution is -2.11.